The van der Waals surface area contributed by atoms with Crippen LogP contribution in [0.5, 0.6) is 0 Å². The molecule has 0 spiro atoms. The van der Waals surface area contributed by atoms with E-state index in [9.17, 15) is 10.1 Å². The highest BCUT2D eigenvalue weighted by Crippen LogP contribution is 2.23. The Kier molecular flexibility index (Phi) is 3.43. The summed E-state index contributed by atoms with van der Waals surface area (Å²) in [7, 11) is 0. The molecule has 0 aliphatic rings. The SMILES string of the molecule is CCOC(=O)C(C)(C#N)c1ncc2ccccc2n1. The molecule has 1 unspecified atom stereocenters. The van der Waals surface area contributed by atoms with Crippen LogP contribution in [-0.4, -0.2) is 22.5 Å². The van der Waals surface area contributed by atoms with Gasteiger partial charge in [0, 0.05) is 11.6 Å². The normalized spacial score (nSPS) is 13.5. The standard InChI is InChI=1S/C14H13N3O2/c1-3-19-13(18)14(2,9-15)12-16-8-10-6-4-5-7-11(10)17-12/h4-8H,3H2,1-2H3. The average molecular weight is 255 g/mol. The molecule has 1 atom stereocenters. The summed E-state index contributed by atoms with van der Waals surface area (Å²) in [4.78, 5) is 20.3. The quantitative estimate of drug-likeness (QED) is 0.784. The highest BCUT2D eigenvalue weighted by molar-refractivity contribution is 5.86. The van der Waals surface area contributed by atoms with Gasteiger partial charge in [-0.1, -0.05) is 18.2 Å². The first-order valence-electron chi connectivity index (χ1n) is 5.92. The maximum absolute atomic E-state index is 11.9. The van der Waals surface area contributed by atoms with Crippen molar-refractivity contribution in [2.45, 2.75) is 19.3 Å². The first kappa shape index (κ1) is 13.0. The van der Waals surface area contributed by atoms with Crippen molar-refractivity contribution in [1.29, 1.82) is 5.26 Å². The molecule has 1 heterocycles. The van der Waals surface area contributed by atoms with Crippen LogP contribution in [0.2, 0.25) is 0 Å². The number of rotatable bonds is 3. The Labute approximate surface area is 110 Å². The van der Waals surface area contributed by atoms with Gasteiger partial charge in [0.05, 0.1) is 18.2 Å². The molecule has 0 fully saturated rings. The zero-order valence-corrected chi connectivity index (χ0v) is 10.8. The number of fused-ring (bicyclic) bond motifs is 1. The van der Waals surface area contributed by atoms with E-state index in [2.05, 4.69) is 9.97 Å². The lowest BCUT2D eigenvalue weighted by Gasteiger charge is -2.17. The Morgan fingerprint density at radius 1 is 1.47 bits per heavy atom. The number of nitrogens with zero attached hydrogens (tertiary/aromatic N) is 3. The Morgan fingerprint density at radius 2 is 2.21 bits per heavy atom. The maximum Gasteiger partial charge on any atom is 0.334 e. The first-order valence-corrected chi connectivity index (χ1v) is 5.92. The van der Waals surface area contributed by atoms with Gasteiger partial charge in [0.25, 0.3) is 0 Å². The van der Waals surface area contributed by atoms with Gasteiger partial charge in [-0.25, -0.2) is 14.8 Å². The van der Waals surface area contributed by atoms with E-state index >= 15 is 0 Å². The van der Waals surface area contributed by atoms with Crippen molar-refractivity contribution >= 4 is 16.9 Å². The molecule has 0 N–H and O–H groups in total. The van der Waals surface area contributed by atoms with Crippen molar-refractivity contribution in [2.24, 2.45) is 0 Å². The van der Waals surface area contributed by atoms with E-state index in [1.807, 2.05) is 30.3 Å². The highest BCUT2D eigenvalue weighted by atomic mass is 16.5. The van der Waals surface area contributed by atoms with Crippen LogP contribution < -0.4 is 0 Å². The van der Waals surface area contributed by atoms with Gasteiger partial charge in [-0.3, -0.25) is 0 Å². The van der Waals surface area contributed by atoms with E-state index in [1.165, 1.54) is 6.92 Å². The topological polar surface area (TPSA) is 75.9 Å². The van der Waals surface area contributed by atoms with Crippen molar-refractivity contribution in [3.63, 3.8) is 0 Å². The largest absolute Gasteiger partial charge is 0.464 e. The molecule has 0 aliphatic heterocycles. The van der Waals surface area contributed by atoms with Crippen LogP contribution in [0.1, 0.15) is 19.7 Å². The minimum atomic E-state index is -1.49. The van der Waals surface area contributed by atoms with Crippen molar-refractivity contribution in [3.8, 4) is 6.07 Å². The Balaban J connectivity index is 2.52. The fourth-order valence-electron chi connectivity index (χ4n) is 1.68. The second kappa shape index (κ2) is 5.02. The second-order valence-electron chi connectivity index (χ2n) is 4.21. The number of carbonyl (C=O) groups is 1. The number of aromatic nitrogens is 2. The highest BCUT2D eigenvalue weighted by Gasteiger charge is 2.40. The van der Waals surface area contributed by atoms with Gasteiger partial charge >= 0.3 is 5.97 Å². The second-order valence-corrected chi connectivity index (χ2v) is 4.21. The van der Waals surface area contributed by atoms with Crippen LogP contribution in [-0.2, 0) is 14.9 Å². The third kappa shape index (κ3) is 2.25. The molecule has 1 aromatic heterocycles. The molecule has 0 saturated heterocycles. The van der Waals surface area contributed by atoms with Gasteiger partial charge in [0.15, 0.2) is 5.82 Å². The molecule has 2 rings (SSSR count). The summed E-state index contributed by atoms with van der Waals surface area (Å²) in [5.74, 6) is -0.472. The van der Waals surface area contributed by atoms with Crippen LogP contribution in [0.25, 0.3) is 10.9 Å². The van der Waals surface area contributed by atoms with E-state index in [4.69, 9.17) is 4.74 Å². The van der Waals surface area contributed by atoms with Crippen LogP contribution in [0, 0.1) is 11.3 Å². The van der Waals surface area contributed by atoms with E-state index in [1.54, 1.807) is 13.1 Å². The Hall–Kier alpha value is -2.48. The molecule has 0 radical (unpaired) electrons. The molecule has 0 saturated carbocycles. The van der Waals surface area contributed by atoms with E-state index < -0.39 is 11.4 Å². The average Bonchev–Trinajstić information content (AvgIpc) is 2.46. The molecular formula is C14H13N3O2. The van der Waals surface area contributed by atoms with Crippen LogP contribution >= 0.6 is 0 Å². The molecule has 2 aromatic rings. The molecule has 5 heteroatoms. The minimum absolute atomic E-state index is 0.159. The number of para-hydroxylation sites is 1. The number of hydrogen-bond acceptors (Lipinski definition) is 5. The molecule has 5 nitrogen and oxygen atoms in total. The van der Waals surface area contributed by atoms with Gasteiger partial charge in [0.1, 0.15) is 0 Å². The van der Waals surface area contributed by atoms with Gasteiger partial charge in [-0.05, 0) is 19.9 Å². The summed E-state index contributed by atoms with van der Waals surface area (Å²) in [5, 5.41) is 10.1. The van der Waals surface area contributed by atoms with E-state index in [0.29, 0.717) is 5.52 Å². The zero-order valence-electron chi connectivity index (χ0n) is 10.8. The van der Waals surface area contributed by atoms with Gasteiger partial charge in [-0.2, -0.15) is 5.26 Å². The third-order valence-corrected chi connectivity index (χ3v) is 2.84. The molecular weight excluding hydrogens is 242 g/mol. The monoisotopic (exact) mass is 255 g/mol. The molecule has 1 aromatic carbocycles. The predicted octanol–water partition coefficient (Wildman–Crippen LogP) is 1.97. The number of hydrogen-bond donors (Lipinski definition) is 0. The smallest absolute Gasteiger partial charge is 0.334 e. The predicted molar refractivity (Wildman–Crippen MR) is 69.1 cm³/mol. The number of ether oxygens (including phenoxy) is 1. The summed E-state index contributed by atoms with van der Waals surface area (Å²) < 4.78 is 4.92. The summed E-state index contributed by atoms with van der Waals surface area (Å²) in [5.41, 5.74) is -0.793. The van der Waals surface area contributed by atoms with Gasteiger partial charge in [-0.15, -0.1) is 0 Å². The first-order chi connectivity index (χ1) is 9.11. The lowest BCUT2D eigenvalue weighted by Crippen LogP contribution is -2.34. The van der Waals surface area contributed by atoms with Crippen molar-refractivity contribution in [1.82, 2.24) is 9.97 Å². The Morgan fingerprint density at radius 3 is 2.89 bits per heavy atom. The number of nitriles is 1. The maximum atomic E-state index is 11.9. The summed E-state index contributed by atoms with van der Waals surface area (Å²) in [6.45, 7) is 3.37. The summed E-state index contributed by atoms with van der Waals surface area (Å²) >= 11 is 0. The van der Waals surface area contributed by atoms with Crippen LogP contribution in [0.3, 0.4) is 0 Å². The fraction of sp³-hybridized carbons (Fsp3) is 0.286. The van der Waals surface area contributed by atoms with E-state index in [0.717, 1.165) is 5.39 Å². The van der Waals surface area contributed by atoms with Crippen LogP contribution in [0.15, 0.2) is 30.5 Å². The van der Waals surface area contributed by atoms with Crippen molar-refractivity contribution in [2.75, 3.05) is 6.61 Å². The Bertz CT molecular complexity index is 663. The minimum Gasteiger partial charge on any atom is -0.464 e. The number of carbonyl (C=O) groups excluding carboxylic acids is 1. The van der Waals surface area contributed by atoms with Crippen molar-refractivity contribution in [3.05, 3.63) is 36.3 Å². The molecule has 0 aliphatic carbocycles. The third-order valence-electron chi connectivity index (χ3n) is 2.84. The lowest BCUT2D eigenvalue weighted by atomic mass is 9.91. The van der Waals surface area contributed by atoms with Crippen molar-refractivity contribution < 1.29 is 9.53 Å². The van der Waals surface area contributed by atoms with Gasteiger partial charge in [0.2, 0.25) is 5.41 Å². The molecule has 19 heavy (non-hydrogen) atoms. The van der Waals surface area contributed by atoms with Gasteiger partial charge < -0.3 is 4.74 Å². The number of benzene rings is 1. The fourth-order valence-corrected chi connectivity index (χ4v) is 1.68. The summed E-state index contributed by atoms with van der Waals surface area (Å²) in [6, 6.07) is 9.34. The molecule has 96 valence electrons. The van der Waals surface area contributed by atoms with Crippen LogP contribution in [0.4, 0.5) is 0 Å². The lowest BCUT2D eigenvalue weighted by molar-refractivity contribution is -0.147. The zero-order chi connectivity index (χ0) is 13.9. The molecule has 0 bridgehead atoms. The van der Waals surface area contributed by atoms with E-state index in [-0.39, 0.29) is 12.4 Å². The molecule has 0 amide bonds. The number of esters is 1. The summed E-state index contributed by atoms with van der Waals surface area (Å²) in [6.07, 6.45) is 1.60.